The minimum absolute atomic E-state index is 0.147. The monoisotopic (exact) mass is 340 g/mol. The number of benzene rings is 1. The highest BCUT2D eigenvalue weighted by atomic mass is 79.9. The Kier molecular flexibility index (Phi) is 4.29. The third kappa shape index (κ3) is 2.77. The molecule has 106 valence electrons. The summed E-state index contributed by atoms with van der Waals surface area (Å²) >= 11 is 3.10. The summed E-state index contributed by atoms with van der Waals surface area (Å²) in [6.45, 7) is 0.147. The van der Waals surface area contributed by atoms with Crippen molar-refractivity contribution in [3.8, 4) is 11.5 Å². The van der Waals surface area contributed by atoms with Gasteiger partial charge in [0.25, 0.3) is 5.56 Å². The molecule has 0 radical (unpaired) electrons. The number of hydrogen-bond donors (Lipinski definition) is 1. The Labute approximate surface area is 123 Å². The minimum atomic E-state index is -0.465. The van der Waals surface area contributed by atoms with Crippen LogP contribution in [0.15, 0.2) is 38.5 Å². The van der Waals surface area contributed by atoms with E-state index in [-0.39, 0.29) is 12.1 Å². The smallest absolute Gasteiger partial charge is 0.328 e. The Balaban J connectivity index is 2.43. The molecule has 1 aromatic heterocycles. The second-order valence-corrected chi connectivity index (χ2v) is 4.88. The Morgan fingerprint density at radius 1 is 1.20 bits per heavy atom. The van der Waals surface area contributed by atoms with E-state index in [1.54, 1.807) is 25.3 Å². The predicted molar refractivity (Wildman–Crippen MR) is 77.7 cm³/mol. The lowest BCUT2D eigenvalue weighted by atomic mass is 10.2. The van der Waals surface area contributed by atoms with Gasteiger partial charge in [0.05, 0.1) is 25.2 Å². The summed E-state index contributed by atoms with van der Waals surface area (Å²) in [6, 6.07) is 5.23. The number of H-pyrrole nitrogens is 1. The summed E-state index contributed by atoms with van der Waals surface area (Å²) in [7, 11) is 3.07. The molecule has 2 rings (SSSR count). The second kappa shape index (κ2) is 5.96. The van der Waals surface area contributed by atoms with Crippen LogP contribution in [0.25, 0.3) is 0 Å². The van der Waals surface area contributed by atoms with Gasteiger partial charge in [-0.2, -0.15) is 0 Å². The van der Waals surface area contributed by atoms with Crippen molar-refractivity contribution >= 4 is 15.9 Å². The minimum Gasteiger partial charge on any atom is -0.493 e. The van der Waals surface area contributed by atoms with Gasteiger partial charge in [0, 0.05) is 6.20 Å². The number of aromatic nitrogens is 2. The van der Waals surface area contributed by atoms with Crippen LogP contribution in [0.1, 0.15) is 5.56 Å². The molecule has 0 bridgehead atoms. The Hall–Kier alpha value is -2.02. The van der Waals surface area contributed by atoms with E-state index in [0.29, 0.717) is 16.0 Å². The molecule has 20 heavy (non-hydrogen) atoms. The van der Waals surface area contributed by atoms with E-state index in [1.807, 2.05) is 0 Å². The zero-order valence-electron chi connectivity index (χ0n) is 11.0. The van der Waals surface area contributed by atoms with Crippen molar-refractivity contribution in [1.29, 1.82) is 0 Å². The highest BCUT2D eigenvalue weighted by Gasteiger charge is 2.09. The summed E-state index contributed by atoms with van der Waals surface area (Å²) in [5.74, 6) is 1.14. The number of rotatable bonds is 4. The molecule has 6 nitrogen and oxygen atoms in total. The molecule has 0 unspecified atom stereocenters. The highest BCUT2D eigenvalue weighted by Crippen LogP contribution is 2.27. The van der Waals surface area contributed by atoms with Gasteiger partial charge in [0.1, 0.15) is 0 Å². The molecule has 0 aliphatic carbocycles. The molecular formula is C13H13BrN2O4. The maximum absolute atomic E-state index is 11.9. The van der Waals surface area contributed by atoms with Gasteiger partial charge >= 0.3 is 5.69 Å². The first-order chi connectivity index (χ1) is 9.56. The van der Waals surface area contributed by atoms with E-state index in [1.165, 1.54) is 13.3 Å². The largest absolute Gasteiger partial charge is 0.493 e. The van der Waals surface area contributed by atoms with Crippen molar-refractivity contribution in [1.82, 2.24) is 9.55 Å². The fraction of sp³-hybridized carbons (Fsp3) is 0.231. The van der Waals surface area contributed by atoms with Crippen LogP contribution in [-0.4, -0.2) is 23.8 Å². The van der Waals surface area contributed by atoms with Gasteiger partial charge in [0.2, 0.25) is 0 Å². The van der Waals surface area contributed by atoms with Gasteiger partial charge < -0.3 is 14.5 Å². The summed E-state index contributed by atoms with van der Waals surface area (Å²) < 4.78 is 11.7. The zero-order valence-corrected chi connectivity index (χ0v) is 12.6. The summed E-state index contributed by atoms with van der Waals surface area (Å²) in [5, 5.41) is 0. The van der Waals surface area contributed by atoms with E-state index in [2.05, 4.69) is 20.9 Å². The molecule has 1 aromatic carbocycles. The van der Waals surface area contributed by atoms with Gasteiger partial charge in [-0.25, -0.2) is 4.79 Å². The maximum Gasteiger partial charge on any atom is 0.328 e. The summed E-state index contributed by atoms with van der Waals surface area (Å²) in [6.07, 6.45) is 1.33. The summed E-state index contributed by atoms with van der Waals surface area (Å²) in [5.41, 5.74) is -0.0927. The van der Waals surface area contributed by atoms with Crippen LogP contribution in [0.3, 0.4) is 0 Å². The average molecular weight is 341 g/mol. The van der Waals surface area contributed by atoms with Crippen LogP contribution in [0, 0.1) is 0 Å². The Bertz CT molecular complexity index is 736. The van der Waals surface area contributed by atoms with E-state index >= 15 is 0 Å². The first-order valence-corrected chi connectivity index (χ1v) is 6.55. The van der Waals surface area contributed by atoms with Crippen molar-refractivity contribution in [2.45, 2.75) is 6.54 Å². The van der Waals surface area contributed by atoms with Crippen LogP contribution in [-0.2, 0) is 6.54 Å². The molecule has 7 heteroatoms. The van der Waals surface area contributed by atoms with Gasteiger partial charge in [-0.15, -0.1) is 0 Å². The van der Waals surface area contributed by atoms with Gasteiger partial charge in [0.15, 0.2) is 11.5 Å². The highest BCUT2D eigenvalue weighted by molar-refractivity contribution is 9.10. The maximum atomic E-state index is 11.9. The van der Waals surface area contributed by atoms with Gasteiger partial charge in [-0.3, -0.25) is 9.36 Å². The summed E-state index contributed by atoms with van der Waals surface area (Å²) in [4.78, 5) is 26.1. The van der Waals surface area contributed by atoms with Crippen LogP contribution < -0.4 is 20.7 Å². The topological polar surface area (TPSA) is 73.3 Å². The number of methoxy groups -OCH3 is 2. The number of aromatic amines is 1. The molecule has 0 aliphatic rings. The average Bonchev–Trinajstić information content (AvgIpc) is 2.47. The molecule has 0 spiro atoms. The molecule has 0 atom stereocenters. The Morgan fingerprint density at radius 2 is 1.90 bits per heavy atom. The molecule has 1 heterocycles. The third-order valence-corrected chi connectivity index (χ3v) is 3.37. The van der Waals surface area contributed by atoms with E-state index in [9.17, 15) is 9.59 Å². The zero-order chi connectivity index (χ0) is 14.7. The van der Waals surface area contributed by atoms with Crippen LogP contribution in [0.5, 0.6) is 11.5 Å². The van der Waals surface area contributed by atoms with E-state index in [0.717, 1.165) is 10.1 Å². The number of nitrogens with one attached hydrogen (secondary N) is 1. The number of halogens is 1. The quantitative estimate of drug-likeness (QED) is 0.912. The van der Waals surface area contributed by atoms with Crippen LogP contribution >= 0.6 is 15.9 Å². The Morgan fingerprint density at radius 3 is 2.55 bits per heavy atom. The number of nitrogens with zero attached hydrogens (tertiary/aromatic N) is 1. The van der Waals surface area contributed by atoms with E-state index in [4.69, 9.17) is 9.47 Å². The van der Waals surface area contributed by atoms with Crippen LogP contribution in [0.2, 0.25) is 0 Å². The molecule has 2 aromatic rings. The SMILES string of the molecule is COc1ccc(Cn2c(=O)[nH]cc(Br)c2=O)cc1OC. The van der Waals surface area contributed by atoms with Gasteiger partial charge in [-0.1, -0.05) is 6.07 Å². The molecule has 0 fully saturated rings. The van der Waals surface area contributed by atoms with Crippen molar-refractivity contribution in [2.24, 2.45) is 0 Å². The standard InChI is InChI=1S/C13H13BrN2O4/c1-19-10-4-3-8(5-11(10)20-2)7-16-12(17)9(14)6-15-13(16)18/h3-6H,7H2,1-2H3,(H,15,18). The van der Waals surface area contributed by atoms with Gasteiger partial charge in [-0.05, 0) is 33.6 Å². The van der Waals surface area contributed by atoms with Crippen molar-refractivity contribution < 1.29 is 9.47 Å². The van der Waals surface area contributed by atoms with Crippen molar-refractivity contribution in [2.75, 3.05) is 14.2 Å². The second-order valence-electron chi connectivity index (χ2n) is 4.02. The van der Waals surface area contributed by atoms with Crippen LogP contribution in [0.4, 0.5) is 0 Å². The van der Waals surface area contributed by atoms with Crippen molar-refractivity contribution in [3.63, 3.8) is 0 Å². The first-order valence-electron chi connectivity index (χ1n) is 5.75. The lowest BCUT2D eigenvalue weighted by molar-refractivity contribution is 0.354. The molecule has 0 saturated heterocycles. The fourth-order valence-electron chi connectivity index (χ4n) is 1.79. The first kappa shape index (κ1) is 14.4. The van der Waals surface area contributed by atoms with Crippen molar-refractivity contribution in [3.05, 3.63) is 55.3 Å². The molecule has 0 aliphatic heterocycles. The predicted octanol–water partition coefficient (Wildman–Crippen LogP) is 1.36. The van der Waals surface area contributed by atoms with E-state index < -0.39 is 5.69 Å². The third-order valence-electron chi connectivity index (χ3n) is 2.81. The number of ether oxygens (including phenoxy) is 2. The normalized spacial score (nSPS) is 10.3. The fourth-order valence-corrected chi connectivity index (χ4v) is 2.12. The molecule has 1 N–H and O–H groups in total. The lowest BCUT2D eigenvalue weighted by Crippen LogP contribution is -2.35. The lowest BCUT2D eigenvalue weighted by Gasteiger charge is -2.10. The number of hydrogen-bond acceptors (Lipinski definition) is 4. The molecule has 0 saturated carbocycles. The molecular weight excluding hydrogens is 328 g/mol. The molecule has 0 amide bonds.